The van der Waals surface area contributed by atoms with Crippen molar-refractivity contribution in [1.82, 2.24) is 0 Å². The van der Waals surface area contributed by atoms with E-state index < -0.39 is 5.41 Å². The smallest absolute Gasteiger partial charge is 0.196 e. The summed E-state index contributed by atoms with van der Waals surface area (Å²) in [6, 6.07) is 0. The van der Waals surface area contributed by atoms with Crippen molar-refractivity contribution in [3.05, 3.63) is 0 Å². The molecule has 0 aliphatic carbocycles. The predicted molar refractivity (Wildman–Crippen MR) is 85.4 cm³/mol. The lowest BCUT2D eigenvalue weighted by Gasteiger charge is -2.23. The van der Waals surface area contributed by atoms with Crippen molar-refractivity contribution in [2.45, 2.75) is 67.2 Å². The quantitative estimate of drug-likeness (QED) is 0.714. The summed E-state index contributed by atoms with van der Waals surface area (Å²) in [5.74, 6) is 1.60. The average Bonchev–Trinajstić information content (AvgIpc) is 2.31. The Hall–Kier alpha value is -0.0200. The number of hydrogen-bond donors (Lipinski definition) is 1. The molecule has 1 atom stereocenters. The highest BCUT2D eigenvalue weighted by molar-refractivity contribution is 8.13. The summed E-state index contributed by atoms with van der Waals surface area (Å²) in [4.78, 5) is 11.9. The predicted octanol–water partition coefficient (Wildman–Crippen LogP) is 4.51. The van der Waals surface area contributed by atoms with Crippen LogP contribution in [-0.2, 0) is 4.79 Å². The molecule has 0 spiro atoms. The van der Waals surface area contributed by atoms with Gasteiger partial charge >= 0.3 is 0 Å². The second kappa shape index (κ2) is 8.31. The zero-order valence-electron chi connectivity index (χ0n) is 13.6. The van der Waals surface area contributed by atoms with Gasteiger partial charge in [-0.25, -0.2) is 0 Å². The van der Waals surface area contributed by atoms with Crippen LogP contribution in [0.3, 0.4) is 0 Å². The van der Waals surface area contributed by atoms with Crippen molar-refractivity contribution in [1.29, 1.82) is 0 Å². The molecule has 0 saturated heterocycles. The minimum atomic E-state index is -0.599. The van der Waals surface area contributed by atoms with E-state index in [2.05, 4.69) is 27.7 Å². The van der Waals surface area contributed by atoms with Gasteiger partial charge in [-0.1, -0.05) is 45.9 Å². The lowest BCUT2D eigenvalue weighted by Crippen LogP contribution is -2.26. The Morgan fingerprint density at radius 1 is 1.16 bits per heavy atom. The van der Waals surface area contributed by atoms with Gasteiger partial charge in [0.2, 0.25) is 0 Å². The van der Waals surface area contributed by atoms with Gasteiger partial charge in [0.1, 0.15) is 0 Å². The fourth-order valence-electron chi connectivity index (χ4n) is 1.77. The number of carbonyl (C=O) groups is 1. The molecule has 0 amide bonds. The van der Waals surface area contributed by atoms with Gasteiger partial charge in [0.15, 0.2) is 5.12 Å². The molecule has 2 nitrogen and oxygen atoms in total. The Labute approximate surface area is 123 Å². The SMILES string of the molecule is CCC(CCSC(=O)C(C)(C)CO)CCC(C)(C)C. The van der Waals surface area contributed by atoms with Crippen LogP contribution in [0.4, 0.5) is 0 Å². The van der Waals surface area contributed by atoms with Gasteiger partial charge in [0.25, 0.3) is 0 Å². The van der Waals surface area contributed by atoms with Crippen molar-refractivity contribution in [2.24, 2.45) is 16.7 Å². The summed E-state index contributed by atoms with van der Waals surface area (Å²) in [6.45, 7) is 12.6. The standard InChI is InChI=1S/C16H32O2S/c1-7-13(8-10-15(2,3)4)9-11-19-14(18)16(5,6)12-17/h13,17H,7-12H2,1-6H3. The molecule has 0 radical (unpaired) electrons. The third kappa shape index (κ3) is 8.69. The first-order valence-electron chi connectivity index (χ1n) is 7.40. The van der Waals surface area contributed by atoms with E-state index in [9.17, 15) is 4.79 Å². The van der Waals surface area contributed by atoms with Crippen LogP contribution in [-0.4, -0.2) is 22.6 Å². The van der Waals surface area contributed by atoms with Gasteiger partial charge in [-0.15, -0.1) is 0 Å². The zero-order chi connectivity index (χ0) is 15.1. The second-order valence-electron chi connectivity index (χ2n) is 7.34. The summed E-state index contributed by atoms with van der Waals surface area (Å²) < 4.78 is 0. The van der Waals surface area contributed by atoms with Crippen LogP contribution < -0.4 is 0 Å². The number of aliphatic hydroxyl groups excluding tert-OH is 1. The Morgan fingerprint density at radius 2 is 1.74 bits per heavy atom. The lowest BCUT2D eigenvalue weighted by molar-refractivity contribution is -0.119. The normalized spacial score (nSPS) is 14.5. The number of carbonyl (C=O) groups excluding carboxylic acids is 1. The van der Waals surface area contributed by atoms with Crippen LogP contribution in [0, 0.1) is 16.7 Å². The molecule has 0 heterocycles. The summed E-state index contributed by atoms with van der Waals surface area (Å²) in [6.07, 6.45) is 4.78. The fraction of sp³-hybridized carbons (Fsp3) is 0.938. The van der Waals surface area contributed by atoms with Gasteiger partial charge in [0.05, 0.1) is 12.0 Å². The average molecular weight is 288 g/mol. The first kappa shape index (κ1) is 19.0. The van der Waals surface area contributed by atoms with Crippen LogP contribution in [0.5, 0.6) is 0 Å². The maximum absolute atomic E-state index is 11.9. The first-order valence-corrected chi connectivity index (χ1v) is 8.39. The summed E-state index contributed by atoms with van der Waals surface area (Å²) >= 11 is 1.39. The zero-order valence-corrected chi connectivity index (χ0v) is 14.4. The van der Waals surface area contributed by atoms with E-state index in [1.165, 1.54) is 31.0 Å². The molecule has 0 bridgehead atoms. The van der Waals surface area contributed by atoms with Crippen LogP contribution in [0.25, 0.3) is 0 Å². The van der Waals surface area contributed by atoms with Crippen LogP contribution >= 0.6 is 11.8 Å². The molecule has 0 aromatic rings. The lowest BCUT2D eigenvalue weighted by atomic mass is 9.85. The molecule has 0 rings (SSSR count). The third-order valence-corrected chi connectivity index (χ3v) is 4.84. The van der Waals surface area contributed by atoms with Gasteiger partial charge in [-0.2, -0.15) is 0 Å². The van der Waals surface area contributed by atoms with Crippen molar-refractivity contribution in [3.8, 4) is 0 Å². The number of thioether (sulfide) groups is 1. The van der Waals surface area contributed by atoms with E-state index in [1.54, 1.807) is 13.8 Å². The van der Waals surface area contributed by atoms with Crippen LogP contribution in [0.2, 0.25) is 0 Å². The molecule has 19 heavy (non-hydrogen) atoms. The number of aliphatic hydroxyl groups is 1. The Balaban J connectivity index is 4.00. The highest BCUT2D eigenvalue weighted by atomic mass is 32.2. The summed E-state index contributed by atoms with van der Waals surface area (Å²) in [5.41, 5.74) is -0.201. The van der Waals surface area contributed by atoms with Gasteiger partial charge in [0, 0.05) is 5.75 Å². The van der Waals surface area contributed by atoms with E-state index in [-0.39, 0.29) is 11.7 Å². The van der Waals surface area contributed by atoms with Crippen LogP contribution in [0.1, 0.15) is 67.2 Å². The van der Waals surface area contributed by atoms with Gasteiger partial charge < -0.3 is 5.11 Å². The molecule has 114 valence electrons. The van der Waals surface area contributed by atoms with Crippen molar-refractivity contribution in [2.75, 3.05) is 12.4 Å². The van der Waals surface area contributed by atoms with Crippen molar-refractivity contribution < 1.29 is 9.90 Å². The molecule has 1 N–H and O–H groups in total. The highest BCUT2D eigenvalue weighted by Gasteiger charge is 2.26. The molecule has 0 aliphatic heterocycles. The van der Waals surface area contributed by atoms with Crippen molar-refractivity contribution in [3.63, 3.8) is 0 Å². The van der Waals surface area contributed by atoms with E-state index in [0.717, 1.165) is 18.1 Å². The second-order valence-corrected chi connectivity index (χ2v) is 8.41. The number of rotatable bonds is 8. The van der Waals surface area contributed by atoms with E-state index in [0.29, 0.717) is 5.41 Å². The molecule has 0 saturated carbocycles. The van der Waals surface area contributed by atoms with Gasteiger partial charge in [-0.05, 0) is 44.4 Å². The minimum absolute atomic E-state index is 0.0694. The molecule has 0 aliphatic rings. The molecule has 0 fully saturated rings. The first-order chi connectivity index (χ1) is 8.62. The summed E-state index contributed by atoms with van der Waals surface area (Å²) in [5, 5.41) is 9.27. The van der Waals surface area contributed by atoms with E-state index in [4.69, 9.17) is 5.11 Å². The molecular weight excluding hydrogens is 256 g/mol. The monoisotopic (exact) mass is 288 g/mol. The molecule has 0 aromatic heterocycles. The van der Waals surface area contributed by atoms with E-state index >= 15 is 0 Å². The minimum Gasteiger partial charge on any atom is -0.395 e. The molecule has 0 aromatic carbocycles. The maximum atomic E-state index is 11.9. The highest BCUT2D eigenvalue weighted by Crippen LogP contribution is 2.29. The third-order valence-electron chi connectivity index (χ3n) is 3.59. The van der Waals surface area contributed by atoms with Gasteiger partial charge in [-0.3, -0.25) is 4.79 Å². The molecule has 1 unspecified atom stereocenters. The Kier molecular flexibility index (Phi) is 8.30. The Bertz CT molecular complexity index is 266. The van der Waals surface area contributed by atoms with Crippen molar-refractivity contribution >= 4 is 16.9 Å². The topological polar surface area (TPSA) is 37.3 Å². The van der Waals surface area contributed by atoms with E-state index in [1.807, 2.05) is 0 Å². The fourth-order valence-corrected chi connectivity index (χ4v) is 2.86. The summed E-state index contributed by atoms with van der Waals surface area (Å²) in [7, 11) is 0. The molecular formula is C16H32O2S. The largest absolute Gasteiger partial charge is 0.395 e. The molecule has 3 heteroatoms. The number of hydrogen-bond acceptors (Lipinski definition) is 3. The maximum Gasteiger partial charge on any atom is 0.196 e. The van der Waals surface area contributed by atoms with Crippen LogP contribution in [0.15, 0.2) is 0 Å². The Morgan fingerprint density at radius 3 is 2.16 bits per heavy atom.